The highest BCUT2D eigenvalue weighted by Gasteiger charge is 2.18. The summed E-state index contributed by atoms with van der Waals surface area (Å²) in [5.74, 6) is -0.339. The minimum absolute atomic E-state index is 0.0827. The Hall–Kier alpha value is -1.63. The molecule has 0 aliphatic carbocycles. The summed E-state index contributed by atoms with van der Waals surface area (Å²) < 4.78 is 9.99. The first kappa shape index (κ1) is 17.7. The van der Waals surface area contributed by atoms with Crippen LogP contribution in [0.3, 0.4) is 0 Å². The smallest absolute Gasteiger partial charge is 0.325 e. The molecule has 1 fully saturated rings. The Balaban J connectivity index is 2.19. The SMILES string of the molecule is COC(=O)CN/C=C(/C(=S)N1CCOCC1)c1ccc(Cl)cc1. The van der Waals surface area contributed by atoms with Crippen LogP contribution in [0.5, 0.6) is 0 Å². The van der Waals surface area contributed by atoms with Gasteiger partial charge in [-0.15, -0.1) is 0 Å². The van der Waals surface area contributed by atoms with Crippen molar-refractivity contribution in [2.45, 2.75) is 0 Å². The Morgan fingerprint density at radius 1 is 1.39 bits per heavy atom. The van der Waals surface area contributed by atoms with Gasteiger partial charge < -0.3 is 19.7 Å². The van der Waals surface area contributed by atoms with Gasteiger partial charge in [-0.1, -0.05) is 36.0 Å². The summed E-state index contributed by atoms with van der Waals surface area (Å²) in [4.78, 5) is 14.1. The van der Waals surface area contributed by atoms with Gasteiger partial charge in [0.25, 0.3) is 0 Å². The summed E-state index contributed by atoms with van der Waals surface area (Å²) >= 11 is 11.6. The molecule has 124 valence electrons. The Bertz CT molecular complexity index is 583. The first-order valence-electron chi connectivity index (χ1n) is 7.25. The van der Waals surface area contributed by atoms with E-state index in [9.17, 15) is 4.79 Å². The van der Waals surface area contributed by atoms with E-state index in [-0.39, 0.29) is 12.5 Å². The van der Waals surface area contributed by atoms with E-state index in [1.54, 1.807) is 6.20 Å². The number of thiocarbonyl (C=S) groups is 1. The predicted octanol–water partition coefficient (Wildman–Crippen LogP) is 2.10. The zero-order chi connectivity index (χ0) is 16.7. The second kappa shape index (κ2) is 8.86. The van der Waals surface area contributed by atoms with Crippen LogP contribution in [-0.2, 0) is 14.3 Å². The standard InChI is InChI=1S/C16H19ClN2O3S/c1-21-15(20)11-18-10-14(12-2-4-13(17)5-3-12)16(23)19-6-8-22-9-7-19/h2-5,10,18H,6-9,11H2,1H3/b14-10+. The van der Waals surface area contributed by atoms with E-state index in [0.717, 1.165) is 24.2 Å². The van der Waals surface area contributed by atoms with Crippen molar-refractivity contribution in [3.63, 3.8) is 0 Å². The molecule has 7 heteroatoms. The van der Waals surface area contributed by atoms with Gasteiger partial charge in [0.15, 0.2) is 0 Å². The Morgan fingerprint density at radius 2 is 2.04 bits per heavy atom. The summed E-state index contributed by atoms with van der Waals surface area (Å²) in [7, 11) is 1.35. The largest absolute Gasteiger partial charge is 0.468 e. The topological polar surface area (TPSA) is 50.8 Å². The van der Waals surface area contributed by atoms with Crippen LogP contribution in [-0.4, -0.2) is 55.8 Å². The third-order valence-corrected chi connectivity index (χ3v) is 4.13. The van der Waals surface area contributed by atoms with Gasteiger partial charge in [0.05, 0.1) is 20.3 Å². The van der Waals surface area contributed by atoms with Crippen molar-refractivity contribution < 1.29 is 14.3 Å². The van der Waals surface area contributed by atoms with Crippen molar-refractivity contribution in [1.29, 1.82) is 0 Å². The lowest BCUT2D eigenvalue weighted by Crippen LogP contribution is -2.40. The molecule has 0 aromatic heterocycles. The monoisotopic (exact) mass is 354 g/mol. The van der Waals surface area contributed by atoms with Crippen LogP contribution >= 0.6 is 23.8 Å². The minimum Gasteiger partial charge on any atom is -0.468 e. The first-order chi connectivity index (χ1) is 11.1. The van der Waals surface area contributed by atoms with Crippen molar-refractivity contribution in [2.75, 3.05) is 40.0 Å². The number of carbonyl (C=O) groups excluding carboxylic acids is 1. The summed E-state index contributed by atoms with van der Waals surface area (Å²) in [6.45, 7) is 2.90. The number of esters is 1. The third-order valence-electron chi connectivity index (χ3n) is 3.40. The van der Waals surface area contributed by atoms with Crippen molar-refractivity contribution in [3.8, 4) is 0 Å². The Kier molecular flexibility index (Phi) is 6.83. The fraction of sp³-hybridized carbons (Fsp3) is 0.375. The number of carbonyl (C=O) groups is 1. The predicted molar refractivity (Wildman–Crippen MR) is 94.4 cm³/mol. The van der Waals surface area contributed by atoms with Crippen LogP contribution in [0.2, 0.25) is 5.02 Å². The van der Waals surface area contributed by atoms with Crippen molar-refractivity contribution in [2.24, 2.45) is 0 Å². The number of rotatable bonds is 5. The molecule has 1 aliphatic heterocycles. The number of nitrogens with one attached hydrogen (secondary N) is 1. The summed E-state index contributed by atoms with van der Waals surface area (Å²) in [6.07, 6.45) is 1.75. The molecular weight excluding hydrogens is 336 g/mol. The molecule has 1 aromatic carbocycles. The zero-order valence-corrected chi connectivity index (χ0v) is 14.5. The van der Waals surface area contributed by atoms with Gasteiger partial charge in [-0.3, -0.25) is 4.79 Å². The molecule has 1 N–H and O–H groups in total. The average molecular weight is 355 g/mol. The molecule has 5 nitrogen and oxygen atoms in total. The van der Waals surface area contributed by atoms with Crippen LogP contribution in [0.4, 0.5) is 0 Å². The molecule has 0 unspecified atom stereocenters. The lowest BCUT2D eigenvalue weighted by Gasteiger charge is -2.30. The maximum Gasteiger partial charge on any atom is 0.325 e. The summed E-state index contributed by atoms with van der Waals surface area (Å²) in [6, 6.07) is 7.43. The quantitative estimate of drug-likeness (QED) is 0.496. The van der Waals surface area contributed by atoms with Crippen molar-refractivity contribution >= 4 is 40.3 Å². The highest BCUT2D eigenvalue weighted by atomic mass is 35.5. The molecule has 2 rings (SSSR count). The number of morpholine rings is 1. The van der Waals surface area contributed by atoms with Crippen LogP contribution < -0.4 is 5.32 Å². The van der Waals surface area contributed by atoms with Gasteiger partial charge in [0.1, 0.15) is 11.5 Å². The van der Waals surface area contributed by atoms with Crippen LogP contribution in [0.15, 0.2) is 30.5 Å². The zero-order valence-electron chi connectivity index (χ0n) is 12.9. The number of nitrogens with zero attached hydrogens (tertiary/aromatic N) is 1. The van der Waals surface area contributed by atoms with Crippen LogP contribution in [0, 0.1) is 0 Å². The Morgan fingerprint density at radius 3 is 2.65 bits per heavy atom. The molecule has 0 atom stereocenters. The molecule has 23 heavy (non-hydrogen) atoms. The van der Waals surface area contributed by atoms with Gasteiger partial charge in [-0.2, -0.15) is 0 Å². The molecular formula is C16H19ClN2O3S. The second-order valence-electron chi connectivity index (χ2n) is 4.93. The lowest BCUT2D eigenvalue weighted by molar-refractivity contribution is -0.139. The highest BCUT2D eigenvalue weighted by molar-refractivity contribution is 7.81. The average Bonchev–Trinajstić information content (AvgIpc) is 2.60. The maximum atomic E-state index is 11.3. The van der Waals surface area contributed by atoms with Crippen molar-refractivity contribution in [3.05, 3.63) is 41.1 Å². The van der Waals surface area contributed by atoms with E-state index < -0.39 is 0 Å². The van der Waals surface area contributed by atoms with Gasteiger partial charge >= 0.3 is 5.97 Å². The van der Waals surface area contributed by atoms with E-state index in [1.807, 2.05) is 24.3 Å². The minimum atomic E-state index is -0.339. The van der Waals surface area contributed by atoms with E-state index >= 15 is 0 Å². The number of methoxy groups -OCH3 is 1. The summed E-state index contributed by atoms with van der Waals surface area (Å²) in [5.41, 5.74) is 1.77. The number of ether oxygens (including phenoxy) is 2. The van der Waals surface area contributed by atoms with E-state index in [1.165, 1.54) is 7.11 Å². The Labute approximate surface area is 146 Å². The molecule has 1 heterocycles. The first-order valence-corrected chi connectivity index (χ1v) is 8.04. The normalized spacial score (nSPS) is 15.2. The molecule has 0 radical (unpaired) electrons. The fourth-order valence-corrected chi connectivity index (χ4v) is 2.63. The van der Waals surface area contributed by atoms with Gasteiger partial charge in [0.2, 0.25) is 0 Å². The number of hydrogen-bond acceptors (Lipinski definition) is 5. The highest BCUT2D eigenvalue weighted by Crippen LogP contribution is 2.21. The van der Waals surface area contributed by atoms with Crippen molar-refractivity contribution in [1.82, 2.24) is 10.2 Å². The molecule has 0 saturated carbocycles. The van der Waals surface area contributed by atoms with E-state index in [4.69, 9.17) is 28.6 Å². The van der Waals surface area contributed by atoms with Crippen LogP contribution in [0.25, 0.3) is 5.57 Å². The van der Waals surface area contributed by atoms with Gasteiger partial charge in [-0.25, -0.2) is 0 Å². The lowest BCUT2D eigenvalue weighted by atomic mass is 10.1. The molecule has 0 amide bonds. The number of hydrogen-bond donors (Lipinski definition) is 1. The molecule has 0 spiro atoms. The van der Waals surface area contributed by atoms with E-state index in [0.29, 0.717) is 23.2 Å². The number of benzene rings is 1. The molecule has 0 bridgehead atoms. The molecule has 1 aromatic rings. The maximum absolute atomic E-state index is 11.3. The van der Waals surface area contributed by atoms with Gasteiger partial charge in [0, 0.05) is 29.9 Å². The second-order valence-corrected chi connectivity index (χ2v) is 5.75. The van der Waals surface area contributed by atoms with Crippen LogP contribution in [0.1, 0.15) is 5.56 Å². The molecule has 1 saturated heterocycles. The summed E-state index contributed by atoms with van der Waals surface area (Å²) in [5, 5.41) is 3.61. The third kappa shape index (κ3) is 5.20. The fourth-order valence-electron chi connectivity index (χ4n) is 2.14. The van der Waals surface area contributed by atoms with Gasteiger partial charge in [-0.05, 0) is 17.7 Å². The number of halogens is 1. The van der Waals surface area contributed by atoms with E-state index in [2.05, 4.69) is 15.0 Å². The molecule has 1 aliphatic rings.